The average molecular weight is 396 g/mol. The van der Waals surface area contributed by atoms with Gasteiger partial charge in [0.2, 0.25) is 21.8 Å². The second-order valence-electron chi connectivity index (χ2n) is 7.64. The Kier molecular flexibility index (Phi) is 3.63. The first-order chi connectivity index (χ1) is 13.4. The van der Waals surface area contributed by atoms with Gasteiger partial charge in [0, 0.05) is 11.1 Å². The van der Waals surface area contributed by atoms with Crippen LogP contribution in [0.3, 0.4) is 0 Å². The summed E-state index contributed by atoms with van der Waals surface area (Å²) in [5, 5.41) is 27.0. The molecule has 2 aliphatic rings. The Bertz CT molecular complexity index is 1170. The van der Waals surface area contributed by atoms with E-state index in [1.54, 1.807) is 0 Å². The minimum absolute atomic E-state index is 0.0147. The summed E-state index contributed by atoms with van der Waals surface area (Å²) in [6.07, 6.45) is 1.87. The van der Waals surface area contributed by atoms with Gasteiger partial charge in [-0.15, -0.1) is 0 Å². The highest BCUT2D eigenvalue weighted by molar-refractivity contribution is 7.89. The smallest absolute Gasteiger partial charge is 0.238 e. The number of hydrogen-bond acceptors (Lipinski definition) is 4. The molecule has 2 bridgehead atoms. The van der Waals surface area contributed by atoms with Crippen LogP contribution in [0.5, 0.6) is 11.8 Å². The topological polar surface area (TPSA) is 106 Å². The van der Waals surface area contributed by atoms with E-state index in [0.717, 1.165) is 24.0 Å². The van der Waals surface area contributed by atoms with Crippen molar-refractivity contribution in [3.05, 3.63) is 71.3 Å². The van der Waals surface area contributed by atoms with Gasteiger partial charge in [0.1, 0.15) is 0 Å². The third-order valence-corrected chi connectivity index (χ3v) is 7.12. The van der Waals surface area contributed by atoms with E-state index in [4.69, 9.17) is 5.14 Å². The van der Waals surface area contributed by atoms with E-state index in [0.29, 0.717) is 11.6 Å². The van der Waals surface area contributed by atoms with Crippen molar-refractivity contribution in [1.29, 1.82) is 0 Å². The molecule has 28 heavy (non-hydrogen) atoms. The van der Waals surface area contributed by atoms with Crippen LogP contribution in [0, 0.1) is 0 Å². The second kappa shape index (κ2) is 5.86. The number of sulfonamides is 1. The predicted molar refractivity (Wildman–Crippen MR) is 104 cm³/mol. The molecule has 1 fully saturated rings. The van der Waals surface area contributed by atoms with Gasteiger partial charge >= 0.3 is 0 Å². The number of benzene rings is 2. The molecule has 7 heteroatoms. The third-order valence-electron chi connectivity index (χ3n) is 6.19. The van der Waals surface area contributed by atoms with Gasteiger partial charge < -0.3 is 10.2 Å². The maximum atomic E-state index is 11.5. The first kappa shape index (κ1) is 17.3. The molecule has 4 N–H and O–H groups in total. The average Bonchev–Trinajstić information content (AvgIpc) is 3.33. The first-order valence-electron chi connectivity index (χ1n) is 9.21. The molecule has 0 aliphatic heterocycles. The Morgan fingerprint density at radius 1 is 0.857 bits per heavy atom. The number of rotatable bonds is 3. The Labute approximate surface area is 162 Å². The number of primary sulfonamides is 1. The molecule has 6 nitrogen and oxygen atoms in total. The van der Waals surface area contributed by atoms with Crippen LogP contribution in [-0.2, 0) is 10.0 Å². The monoisotopic (exact) mass is 396 g/mol. The van der Waals surface area contributed by atoms with Crippen LogP contribution in [0.2, 0.25) is 0 Å². The number of aromatic hydroxyl groups is 2. The second-order valence-corrected chi connectivity index (χ2v) is 9.20. The number of aromatic nitrogens is 1. The molecule has 1 heterocycles. The zero-order valence-corrected chi connectivity index (χ0v) is 15.8. The molecule has 0 spiro atoms. The molecule has 0 saturated heterocycles. The summed E-state index contributed by atoms with van der Waals surface area (Å²) in [4.78, 5) is -0.0147. The Morgan fingerprint density at radius 3 is 2.11 bits per heavy atom. The maximum Gasteiger partial charge on any atom is 0.238 e. The molecule has 2 aromatic carbocycles. The Balaban J connectivity index is 1.58. The molecule has 5 rings (SSSR count). The van der Waals surface area contributed by atoms with Crippen LogP contribution in [0.25, 0.3) is 5.69 Å². The van der Waals surface area contributed by atoms with E-state index >= 15 is 0 Å². The molecule has 1 aromatic heterocycles. The highest BCUT2D eigenvalue weighted by Crippen LogP contribution is 2.65. The van der Waals surface area contributed by atoms with Crippen molar-refractivity contribution >= 4 is 10.0 Å². The molecule has 0 amide bonds. The lowest BCUT2D eigenvalue weighted by Gasteiger charge is -2.22. The summed E-state index contributed by atoms with van der Waals surface area (Å²) in [5.41, 5.74) is 3.39. The zero-order valence-electron chi connectivity index (χ0n) is 15.0. The lowest BCUT2D eigenvalue weighted by atomic mass is 9.81. The summed E-state index contributed by atoms with van der Waals surface area (Å²) in [6.45, 7) is 0. The Morgan fingerprint density at radius 2 is 1.46 bits per heavy atom. The van der Waals surface area contributed by atoms with Gasteiger partial charge in [0.05, 0.1) is 10.6 Å². The van der Waals surface area contributed by atoms with Crippen molar-refractivity contribution in [2.45, 2.75) is 35.5 Å². The van der Waals surface area contributed by atoms with Crippen molar-refractivity contribution < 1.29 is 18.6 Å². The summed E-state index contributed by atoms with van der Waals surface area (Å²) in [5.74, 6) is 0.766. The molecule has 3 aromatic rings. The molecule has 144 valence electrons. The van der Waals surface area contributed by atoms with Gasteiger partial charge in [0.25, 0.3) is 0 Å². The minimum Gasteiger partial charge on any atom is -0.494 e. The van der Waals surface area contributed by atoms with Crippen molar-refractivity contribution in [2.75, 3.05) is 0 Å². The number of hydrogen-bond donors (Lipinski definition) is 3. The van der Waals surface area contributed by atoms with Crippen molar-refractivity contribution in [1.82, 2.24) is 4.57 Å². The van der Waals surface area contributed by atoms with Crippen LogP contribution in [0.4, 0.5) is 0 Å². The van der Waals surface area contributed by atoms with E-state index < -0.39 is 10.0 Å². The zero-order chi connectivity index (χ0) is 19.6. The number of fused-ring (bicyclic) bond motifs is 5. The number of nitrogens with two attached hydrogens (primary N) is 1. The van der Waals surface area contributed by atoms with Gasteiger partial charge in [-0.25, -0.2) is 13.6 Å². The van der Waals surface area contributed by atoms with Gasteiger partial charge in [0.15, 0.2) is 0 Å². The maximum absolute atomic E-state index is 11.5. The molecule has 1 saturated carbocycles. The highest BCUT2D eigenvalue weighted by Gasteiger charge is 2.49. The van der Waals surface area contributed by atoms with E-state index in [1.165, 1.54) is 34.4 Å². The normalized spacial score (nSPS) is 23.1. The fourth-order valence-corrected chi connectivity index (χ4v) is 5.56. The highest BCUT2D eigenvalue weighted by atomic mass is 32.2. The van der Waals surface area contributed by atoms with Crippen LogP contribution in [-0.4, -0.2) is 23.2 Å². The van der Waals surface area contributed by atoms with Crippen molar-refractivity contribution in [3.8, 4) is 17.4 Å². The lowest BCUT2D eigenvalue weighted by Crippen LogP contribution is -2.12. The van der Waals surface area contributed by atoms with Gasteiger partial charge in [-0.3, -0.25) is 4.57 Å². The van der Waals surface area contributed by atoms with Crippen LogP contribution >= 0.6 is 0 Å². The van der Waals surface area contributed by atoms with E-state index in [2.05, 4.69) is 12.1 Å². The minimum atomic E-state index is -3.80. The van der Waals surface area contributed by atoms with Gasteiger partial charge in [-0.1, -0.05) is 30.3 Å². The summed E-state index contributed by atoms with van der Waals surface area (Å²) in [6, 6.07) is 16.1. The fraction of sp³-hybridized carbons (Fsp3) is 0.238. The van der Waals surface area contributed by atoms with Crippen LogP contribution in [0.15, 0.2) is 59.5 Å². The third kappa shape index (κ3) is 2.40. The molecule has 3 unspecified atom stereocenters. The van der Waals surface area contributed by atoms with Crippen LogP contribution < -0.4 is 5.14 Å². The summed E-state index contributed by atoms with van der Waals surface area (Å²) in [7, 11) is -3.80. The van der Waals surface area contributed by atoms with Crippen LogP contribution in [0.1, 0.15) is 47.3 Å². The number of nitrogens with zero attached hydrogens (tertiary/aromatic N) is 1. The van der Waals surface area contributed by atoms with E-state index in [-0.39, 0.29) is 28.5 Å². The standard InChI is InChI=1S/C21H20N2O4S/c22-28(26,27)15-8-6-14(7-9-15)23-20(24)18-13-10-16(12-4-2-1-3-5-12)17(11-13)19(18)21(23)25/h1-9,13,16-17,24-25H,10-11H2,(H2,22,26,27). The largest absolute Gasteiger partial charge is 0.494 e. The summed E-state index contributed by atoms with van der Waals surface area (Å²) < 4.78 is 24.3. The molecular weight excluding hydrogens is 376 g/mol. The first-order valence-corrected chi connectivity index (χ1v) is 10.8. The van der Waals surface area contributed by atoms with Crippen molar-refractivity contribution in [3.63, 3.8) is 0 Å². The molecule has 3 atom stereocenters. The fourth-order valence-electron chi connectivity index (χ4n) is 5.04. The Hall–Kier alpha value is -2.77. The van der Waals surface area contributed by atoms with Crippen molar-refractivity contribution in [2.24, 2.45) is 5.14 Å². The molecule has 0 radical (unpaired) electrons. The van der Waals surface area contributed by atoms with Gasteiger partial charge in [-0.05, 0) is 60.4 Å². The van der Waals surface area contributed by atoms with Gasteiger partial charge in [-0.2, -0.15) is 0 Å². The molecular formula is C21H20N2O4S. The van der Waals surface area contributed by atoms with E-state index in [9.17, 15) is 18.6 Å². The SMILES string of the molecule is NS(=O)(=O)c1ccc(-n2c(O)c3c(c2O)C2CC3CC2c2ccccc2)cc1. The molecule has 2 aliphatic carbocycles. The summed E-state index contributed by atoms with van der Waals surface area (Å²) >= 11 is 0. The van der Waals surface area contributed by atoms with E-state index in [1.807, 2.05) is 18.2 Å². The quantitative estimate of drug-likeness (QED) is 0.632. The lowest BCUT2D eigenvalue weighted by molar-refractivity contribution is 0.394. The predicted octanol–water partition coefficient (Wildman–Crippen LogP) is 3.29.